The lowest BCUT2D eigenvalue weighted by molar-refractivity contribution is -0.118. The van der Waals surface area contributed by atoms with Crippen molar-refractivity contribution in [1.82, 2.24) is 0 Å². The summed E-state index contributed by atoms with van der Waals surface area (Å²) >= 11 is 4.34. The number of hydrogen-bond donors (Lipinski definition) is 2. The molecule has 2 heterocycles. The summed E-state index contributed by atoms with van der Waals surface area (Å²) in [5, 5.41) is 2.63. The largest absolute Gasteiger partial charge is 0.479 e. The average Bonchev–Trinajstić information content (AvgIpc) is 2.86. The molecular weight excluding hydrogens is 380 g/mol. The molecule has 1 aliphatic heterocycles. The summed E-state index contributed by atoms with van der Waals surface area (Å²) in [4.78, 5) is 11.3. The van der Waals surface area contributed by atoms with E-state index >= 15 is 0 Å². The van der Waals surface area contributed by atoms with Crippen LogP contribution in [0.15, 0.2) is 38.3 Å². The normalized spacial score (nSPS) is 14.0. The summed E-state index contributed by atoms with van der Waals surface area (Å²) in [6, 6.07) is 8.03. The molecule has 0 unspecified atom stereocenters. The lowest BCUT2D eigenvalue weighted by atomic mass is 10.2. The van der Waals surface area contributed by atoms with Crippen molar-refractivity contribution < 1.29 is 17.9 Å². The molecule has 3 rings (SSSR count). The SMILES string of the molecule is O=C1COc2c(cccc2NS(=O)(=O)c2ccc(Br)s2)N1. The van der Waals surface area contributed by atoms with Gasteiger partial charge in [0.2, 0.25) is 0 Å². The first-order valence-corrected chi connectivity index (χ1v) is 8.89. The Morgan fingerprint density at radius 1 is 1.29 bits per heavy atom. The van der Waals surface area contributed by atoms with Crippen molar-refractivity contribution in [3.05, 3.63) is 34.1 Å². The Morgan fingerprint density at radius 2 is 2.10 bits per heavy atom. The van der Waals surface area contributed by atoms with E-state index in [1.54, 1.807) is 24.3 Å². The zero-order valence-electron chi connectivity index (χ0n) is 10.4. The molecule has 0 saturated heterocycles. The topological polar surface area (TPSA) is 84.5 Å². The van der Waals surface area contributed by atoms with E-state index in [0.29, 0.717) is 11.4 Å². The lowest BCUT2D eigenvalue weighted by Gasteiger charge is -2.20. The third kappa shape index (κ3) is 2.89. The zero-order chi connectivity index (χ0) is 15.0. The van der Waals surface area contributed by atoms with Gasteiger partial charge in [0.15, 0.2) is 12.4 Å². The fourth-order valence-corrected chi connectivity index (χ4v) is 4.90. The number of carbonyl (C=O) groups is 1. The highest BCUT2D eigenvalue weighted by Crippen LogP contribution is 2.37. The Hall–Kier alpha value is -1.58. The third-order valence-electron chi connectivity index (χ3n) is 2.69. The van der Waals surface area contributed by atoms with Gasteiger partial charge in [-0.3, -0.25) is 9.52 Å². The van der Waals surface area contributed by atoms with E-state index in [4.69, 9.17) is 4.74 Å². The zero-order valence-corrected chi connectivity index (χ0v) is 13.6. The summed E-state index contributed by atoms with van der Waals surface area (Å²) in [6.07, 6.45) is 0. The molecule has 2 aromatic rings. The molecule has 0 atom stereocenters. The summed E-state index contributed by atoms with van der Waals surface area (Å²) in [7, 11) is -3.69. The summed E-state index contributed by atoms with van der Waals surface area (Å²) in [6.45, 7) is -0.143. The molecular formula is C12H9BrN2O4S2. The molecule has 1 aromatic carbocycles. The van der Waals surface area contributed by atoms with Crippen molar-refractivity contribution >= 4 is 54.6 Å². The standard InChI is InChI=1S/C12H9BrN2O4S2/c13-9-4-5-11(20-9)21(17,18)15-8-3-1-2-7-12(8)19-6-10(16)14-7/h1-5,15H,6H2,(H,14,16). The van der Waals surface area contributed by atoms with Crippen LogP contribution in [-0.4, -0.2) is 20.9 Å². The second-order valence-electron chi connectivity index (χ2n) is 4.18. The summed E-state index contributed by atoms with van der Waals surface area (Å²) < 4.78 is 33.3. The number of para-hydroxylation sites is 1. The van der Waals surface area contributed by atoms with Crippen LogP contribution >= 0.6 is 27.3 Å². The maximum absolute atomic E-state index is 12.3. The molecule has 110 valence electrons. The molecule has 1 aromatic heterocycles. The number of amides is 1. The van der Waals surface area contributed by atoms with Gasteiger partial charge in [-0.05, 0) is 40.2 Å². The van der Waals surface area contributed by atoms with Gasteiger partial charge >= 0.3 is 0 Å². The van der Waals surface area contributed by atoms with Crippen LogP contribution in [0.4, 0.5) is 11.4 Å². The Balaban J connectivity index is 1.96. The van der Waals surface area contributed by atoms with Gasteiger partial charge in [-0.25, -0.2) is 8.42 Å². The predicted molar refractivity (Wildman–Crippen MR) is 83.4 cm³/mol. The number of hydrogen-bond acceptors (Lipinski definition) is 5. The predicted octanol–water partition coefficient (Wildman–Crippen LogP) is 2.64. The van der Waals surface area contributed by atoms with Gasteiger partial charge in [-0.15, -0.1) is 11.3 Å². The monoisotopic (exact) mass is 388 g/mol. The molecule has 0 bridgehead atoms. The second-order valence-corrected chi connectivity index (χ2v) is 8.56. The van der Waals surface area contributed by atoms with E-state index in [9.17, 15) is 13.2 Å². The number of benzene rings is 1. The van der Waals surface area contributed by atoms with Crippen molar-refractivity contribution in [2.24, 2.45) is 0 Å². The minimum absolute atomic E-state index is 0.143. The number of carbonyl (C=O) groups excluding carboxylic acids is 1. The van der Waals surface area contributed by atoms with E-state index in [0.717, 1.165) is 15.1 Å². The lowest BCUT2D eigenvalue weighted by Crippen LogP contribution is -2.26. The van der Waals surface area contributed by atoms with E-state index in [1.165, 1.54) is 6.07 Å². The second kappa shape index (κ2) is 5.32. The smallest absolute Gasteiger partial charge is 0.271 e. The maximum Gasteiger partial charge on any atom is 0.271 e. The highest BCUT2D eigenvalue weighted by Gasteiger charge is 2.23. The number of ether oxygens (including phenoxy) is 1. The molecule has 0 radical (unpaired) electrons. The average molecular weight is 389 g/mol. The Kier molecular flexibility index (Phi) is 3.64. The maximum atomic E-state index is 12.3. The van der Waals surface area contributed by atoms with Crippen LogP contribution in [0.1, 0.15) is 0 Å². The van der Waals surface area contributed by atoms with Crippen LogP contribution in [0.25, 0.3) is 0 Å². The minimum atomic E-state index is -3.69. The van der Waals surface area contributed by atoms with Gasteiger partial charge in [0.1, 0.15) is 4.21 Å². The fraction of sp³-hybridized carbons (Fsp3) is 0.0833. The first-order chi connectivity index (χ1) is 9.95. The van der Waals surface area contributed by atoms with Crippen molar-refractivity contribution in [1.29, 1.82) is 0 Å². The molecule has 9 heteroatoms. The van der Waals surface area contributed by atoms with Crippen molar-refractivity contribution in [3.63, 3.8) is 0 Å². The highest BCUT2D eigenvalue weighted by atomic mass is 79.9. The molecule has 6 nitrogen and oxygen atoms in total. The molecule has 21 heavy (non-hydrogen) atoms. The van der Waals surface area contributed by atoms with Gasteiger partial charge in [-0.1, -0.05) is 6.07 Å². The summed E-state index contributed by atoms with van der Waals surface area (Å²) in [5.41, 5.74) is 0.732. The van der Waals surface area contributed by atoms with E-state index < -0.39 is 10.0 Å². The summed E-state index contributed by atoms with van der Waals surface area (Å²) in [5.74, 6) is 0.0426. The van der Waals surface area contributed by atoms with Crippen molar-refractivity contribution in [3.8, 4) is 5.75 Å². The molecule has 0 spiro atoms. The van der Waals surface area contributed by atoms with E-state index in [-0.39, 0.29) is 22.4 Å². The number of thiophene rings is 1. The molecule has 1 aliphatic rings. The minimum Gasteiger partial charge on any atom is -0.479 e. The fourth-order valence-electron chi connectivity index (χ4n) is 1.83. The van der Waals surface area contributed by atoms with Crippen LogP contribution < -0.4 is 14.8 Å². The molecule has 1 amide bonds. The molecule has 0 fully saturated rings. The Labute approximate surface area is 133 Å². The molecule has 0 saturated carbocycles. The number of halogens is 1. The van der Waals surface area contributed by atoms with Crippen molar-refractivity contribution in [2.45, 2.75) is 4.21 Å². The van der Waals surface area contributed by atoms with Crippen molar-refractivity contribution in [2.75, 3.05) is 16.6 Å². The number of fused-ring (bicyclic) bond motifs is 1. The number of nitrogens with one attached hydrogen (secondary N) is 2. The first-order valence-electron chi connectivity index (χ1n) is 5.79. The quantitative estimate of drug-likeness (QED) is 0.846. The number of rotatable bonds is 3. The van der Waals surface area contributed by atoms with E-state index in [1.807, 2.05) is 0 Å². The van der Waals surface area contributed by atoms with Crippen LogP contribution in [0.5, 0.6) is 5.75 Å². The highest BCUT2D eigenvalue weighted by molar-refractivity contribution is 9.11. The number of sulfonamides is 1. The molecule has 0 aliphatic carbocycles. The Morgan fingerprint density at radius 3 is 2.81 bits per heavy atom. The van der Waals surface area contributed by atoms with Gasteiger partial charge in [0.05, 0.1) is 15.2 Å². The van der Waals surface area contributed by atoms with Crippen LogP contribution in [0, 0.1) is 0 Å². The van der Waals surface area contributed by atoms with Gasteiger partial charge in [0.25, 0.3) is 15.9 Å². The molecule has 2 N–H and O–H groups in total. The van der Waals surface area contributed by atoms with Crippen LogP contribution in [0.2, 0.25) is 0 Å². The van der Waals surface area contributed by atoms with Gasteiger partial charge in [-0.2, -0.15) is 0 Å². The van der Waals surface area contributed by atoms with Gasteiger partial charge in [0, 0.05) is 0 Å². The number of anilines is 2. The first kappa shape index (κ1) is 14.4. The van der Waals surface area contributed by atoms with Crippen LogP contribution in [-0.2, 0) is 14.8 Å². The van der Waals surface area contributed by atoms with E-state index in [2.05, 4.69) is 26.0 Å². The third-order valence-corrected chi connectivity index (χ3v) is 6.18. The van der Waals surface area contributed by atoms with Gasteiger partial charge < -0.3 is 10.1 Å². The Bertz CT molecular complexity index is 816. The van der Waals surface area contributed by atoms with Crippen LogP contribution in [0.3, 0.4) is 0 Å².